The monoisotopic (exact) mass is 343 g/mol. The Morgan fingerprint density at radius 1 is 1.43 bits per heavy atom. The average Bonchev–Trinajstić information content (AvgIpc) is 2.98. The maximum Gasteiger partial charge on any atom is 0.313 e. The Morgan fingerprint density at radius 3 is 2.83 bits per heavy atom. The van der Waals surface area contributed by atoms with E-state index in [4.69, 9.17) is 9.47 Å². The number of ether oxygens (including phenoxy) is 2. The number of anilines is 1. The Balaban J connectivity index is 2.24. The van der Waals surface area contributed by atoms with Crippen LogP contribution in [0.1, 0.15) is 12.5 Å². The molecular weight excluding hydrogens is 322 g/mol. The molecular formula is C14H21N3O5S. The Hall–Kier alpha value is -1.84. The Labute approximate surface area is 135 Å². The third-order valence-corrected chi connectivity index (χ3v) is 5.08. The van der Waals surface area contributed by atoms with Crippen LogP contribution in [0.4, 0.5) is 5.69 Å². The Bertz CT molecular complexity index is 677. The molecule has 0 spiro atoms. The number of hydrogen-bond acceptors (Lipinski definition) is 7. The minimum atomic E-state index is -3.88. The summed E-state index contributed by atoms with van der Waals surface area (Å²) in [5.74, 6) is -0.988. The molecule has 0 amide bonds. The summed E-state index contributed by atoms with van der Waals surface area (Å²) < 4.78 is 37.8. The van der Waals surface area contributed by atoms with Gasteiger partial charge in [-0.2, -0.15) is 0 Å². The number of benzene rings is 1. The molecule has 1 aromatic carbocycles. The van der Waals surface area contributed by atoms with Crippen molar-refractivity contribution >= 4 is 21.7 Å². The number of sulfonamides is 1. The second-order valence-corrected chi connectivity index (χ2v) is 6.96. The van der Waals surface area contributed by atoms with Gasteiger partial charge in [0.15, 0.2) is 5.37 Å². The van der Waals surface area contributed by atoms with E-state index in [0.717, 1.165) is 5.56 Å². The molecule has 9 heteroatoms. The molecule has 0 saturated carbocycles. The molecule has 1 aromatic rings. The van der Waals surface area contributed by atoms with E-state index in [2.05, 4.69) is 15.6 Å². The predicted octanol–water partition coefficient (Wildman–Crippen LogP) is 0.359. The summed E-state index contributed by atoms with van der Waals surface area (Å²) in [4.78, 5) is 11.9. The topological polar surface area (TPSA) is 106 Å². The predicted molar refractivity (Wildman–Crippen MR) is 85.3 cm³/mol. The van der Waals surface area contributed by atoms with Gasteiger partial charge in [-0.3, -0.25) is 14.9 Å². The van der Waals surface area contributed by atoms with Gasteiger partial charge >= 0.3 is 5.97 Å². The minimum Gasteiger partial charge on any atom is -0.495 e. The van der Waals surface area contributed by atoms with Crippen molar-refractivity contribution in [2.45, 2.75) is 19.2 Å². The molecule has 1 heterocycles. The third-order valence-electron chi connectivity index (χ3n) is 3.46. The van der Waals surface area contributed by atoms with Gasteiger partial charge in [0.05, 0.1) is 19.4 Å². The van der Waals surface area contributed by atoms with E-state index in [9.17, 15) is 13.2 Å². The molecule has 2 atom stereocenters. The summed E-state index contributed by atoms with van der Waals surface area (Å²) in [6, 6.07) is 5.15. The zero-order chi connectivity index (χ0) is 17.0. The first-order valence-corrected chi connectivity index (χ1v) is 8.75. The molecule has 1 fully saturated rings. The number of hydrazine groups is 1. The van der Waals surface area contributed by atoms with E-state index < -0.39 is 27.3 Å². The molecule has 23 heavy (non-hydrogen) atoms. The second-order valence-electron chi connectivity index (χ2n) is 5.16. The second kappa shape index (κ2) is 7.16. The molecule has 0 radical (unpaired) electrons. The number of hydrogen-bond donors (Lipinski definition) is 3. The van der Waals surface area contributed by atoms with E-state index in [0.29, 0.717) is 11.4 Å². The van der Waals surface area contributed by atoms with Gasteiger partial charge in [-0.25, -0.2) is 13.8 Å². The number of esters is 1. The molecule has 128 valence electrons. The molecule has 0 aromatic heterocycles. The largest absolute Gasteiger partial charge is 0.495 e. The fraction of sp³-hybridized carbons (Fsp3) is 0.500. The average molecular weight is 343 g/mol. The van der Waals surface area contributed by atoms with Crippen LogP contribution in [0.15, 0.2) is 18.2 Å². The molecule has 0 aliphatic carbocycles. The summed E-state index contributed by atoms with van der Waals surface area (Å²) >= 11 is 0. The van der Waals surface area contributed by atoms with E-state index in [1.807, 2.05) is 13.0 Å². The first-order valence-electron chi connectivity index (χ1n) is 7.20. The number of aryl methyl sites for hydroxylation is 1. The van der Waals surface area contributed by atoms with Crippen LogP contribution in [0.3, 0.4) is 0 Å². The first-order chi connectivity index (χ1) is 10.9. The smallest absolute Gasteiger partial charge is 0.313 e. The van der Waals surface area contributed by atoms with Gasteiger partial charge in [0.2, 0.25) is 0 Å². The van der Waals surface area contributed by atoms with Crippen molar-refractivity contribution in [1.82, 2.24) is 10.9 Å². The molecule has 3 N–H and O–H groups in total. The number of nitrogens with one attached hydrogen (secondary N) is 3. The van der Waals surface area contributed by atoms with E-state index >= 15 is 0 Å². The van der Waals surface area contributed by atoms with Gasteiger partial charge < -0.3 is 9.47 Å². The summed E-state index contributed by atoms with van der Waals surface area (Å²) in [6.07, 6.45) is 0. The van der Waals surface area contributed by atoms with Crippen molar-refractivity contribution in [3.05, 3.63) is 23.8 Å². The molecule has 1 saturated heterocycles. The summed E-state index contributed by atoms with van der Waals surface area (Å²) in [6.45, 7) is 3.89. The van der Waals surface area contributed by atoms with Crippen molar-refractivity contribution in [1.29, 1.82) is 0 Å². The fourth-order valence-electron chi connectivity index (χ4n) is 2.35. The Morgan fingerprint density at radius 2 is 2.17 bits per heavy atom. The van der Waals surface area contributed by atoms with Crippen LogP contribution < -0.4 is 20.3 Å². The van der Waals surface area contributed by atoms with Crippen molar-refractivity contribution in [2.24, 2.45) is 5.92 Å². The lowest BCUT2D eigenvalue weighted by atomic mass is 10.2. The maximum absolute atomic E-state index is 12.6. The van der Waals surface area contributed by atoms with Gasteiger partial charge in [0.1, 0.15) is 11.7 Å². The van der Waals surface area contributed by atoms with Gasteiger partial charge in [0, 0.05) is 6.54 Å². The standard InChI is InChI=1S/C14H21N3O5S/c1-4-22-14(18)10-8-15-16-13(10)23(19,20)17-11-7-9(2)5-6-12(11)21-3/h5-7,10,13,15-17H,4,8H2,1-3H3. The van der Waals surface area contributed by atoms with Crippen LogP contribution in [-0.2, 0) is 19.6 Å². The normalized spacial score (nSPS) is 21.0. The molecule has 1 aliphatic heterocycles. The van der Waals surface area contributed by atoms with Crippen LogP contribution in [0.25, 0.3) is 0 Å². The lowest BCUT2D eigenvalue weighted by Crippen LogP contribution is -2.44. The highest BCUT2D eigenvalue weighted by Crippen LogP contribution is 2.28. The fourth-order valence-corrected chi connectivity index (χ4v) is 3.82. The number of rotatable bonds is 6. The highest BCUT2D eigenvalue weighted by Gasteiger charge is 2.43. The molecule has 0 bridgehead atoms. The van der Waals surface area contributed by atoms with E-state index in [1.54, 1.807) is 19.1 Å². The highest BCUT2D eigenvalue weighted by atomic mass is 32.2. The lowest BCUT2D eigenvalue weighted by molar-refractivity contribution is -0.147. The van der Waals surface area contributed by atoms with Crippen LogP contribution in [0.5, 0.6) is 5.75 Å². The van der Waals surface area contributed by atoms with Gasteiger partial charge in [-0.15, -0.1) is 0 Å². The van der Waals surface area contributed by atoms with Crippen LogP contribution in [-0.4, -0.2) is 40.0 Å². The van der Waals surface area contributed by atoms with Gasteiger partial charge in [-0.05, 0) is 31.5 Å². The SMILES string of the molecule is CCOC(=O)C1CNNC1S(=O)(=O)Nc1cc(C)ccc1OC. The number of carbonyl (C=O) groups excluding carboxylic acids is 1. The van der Waals surface area contributed by atoms with E-state index in [1.165, 1.54) is 7.11 Å². The lowest BCUT2D eigenvalue weighted by Gasteiger charge is -2.20. The van der Waals surface area contributed by atoms with Gasteiger partial charge in [-0.1, -0.05) is 6.07 Å². The highest BCUT2D eigenvalue weighted by molar-refractivity contribution is 7.93. The van der Waals surface area contributed by atoms with Crippen LogP contribution in [0.2, 0.25) is 0 Å². The molecule has 2 unspecified atom stereocenters. The number of carbonyl (C=O) groups is 1. The van der Waals surface area contributed by atoms with Crippen molar-refractivity contribution < 1.29 is 22.7 Å². The van der Waals surface area contributed by atoms with Gasteiger partial charge in [0.25, 0.3) is 10.0 Å². The van der Waals surface area contributed by atoms with Crippen molar-refractivity contribution in [3.63, 3.8) is 0 Å². The van der Waals surface area contributed by atoms with Crippen LogP contribution >= 0.6 is 0 Å². The zero-order valence-corrected chi connectivity index (χ0v) is 14.1. The zero-order valence-electron chi connectivity index (χ0n) is 13.3. The van der Waals surface area contributed by atoms with Crippen molar-refractivity contribution in [2.75, 3.05) is 25.0 Å². The number of methoxy groups -OCH3 is 1. The summed E-state index contributed by atoms with van der Waals surface area (Å²) in [5.41, 5.74) is 6.51. The summed E-state index contributed by atoms with van der Waals surface area (Å²) in [7, 11) is -2.42. The quantitative estimate of drug-likeness (QED) is 0.640. The summed E-state index contributed by atoms with van der Waals surface area (Å²) in [5, 5.41) is -1.13. The molecule has 8 nitrogen and oxygen atoms in total. The minimum absolute atomic E-state index is 0.176. The molecule has 2 rings (SSSR count). The third kappa shape index (κ3) is 3.92. The van der Waals surface area contributed by atoms with Crippen LogP contribution in [0, 0.1) is 12.8 Å². The maximum atomic E-state index is 12.6. The Kier molecular flexibility index (Phi) is 5.45. The van der Waals surface area contributed by atoms with Crippen molar-refractivity contribution in [3.8, 4) is 5.75 Å². The first kappa shape index (κ1) is 17.5. The molecule has 1 aliphatic rings. The van der Waals surface area contributed by atoms with E-state index in [-0.39, 0.29) is 13.2 Å².